The molecule has 1 atom stereocenters. The topological polar surface area (TPSA) is 35.5 Å². The Morgan fingerprint density at radius 3 is 2.50 bits per heavy atom. The number of hydrogen-bond acceptors (Lipinski definition) is 3. The molecule has 128 valence electrons. The highest BCUT2D eigenvalue weighted by Gasteiger charge is 2.19. The number of aryl methyl sites for hydroxylation is 2. The summed E-state index contributed by atoms with van der Waals surface area (Å²) in [6.07, 6.45) is 2.49. The van der Waals surface area contributed by atoms with E-state index in [4.69, 9.17) is 0 Å². The highest BCUT2D eigenvalue weighted by atomic mass is 16.3. The summed E-state index contributed by atoms with van der Waals surface area (Å²) in [5, 5.41) is 13.6. The smallest absolute Gasteiger partial charge is 0.121 e. The van der Waals surface area contributed by atoms with Gasteiger partial charge in [0.1, 0.15) is 5.75 Å². The SMILES string of the molecule is Cc1cc(CNC2CCCN(Cc3ccccc3)C2)cc(C)c1O. The van der Waals surface area contributed by atoms with E-state index < -0.39 is 0 Å². The Morgan fingerprint density at radius 1 is 1.08 bits per heavy atom. The molecular weight excluding hydrogens is 296 g/mol. The summed E-state index contributed by atoms with van der Waals surface area (Å²) in [5.74, 6) is 0.422. The number of likely N-dealkylation sites (tertiary alicyclic amines) is 1. The molecule has 1 heterocycles. The molecule has 0 aromatic heterocycles. The number of rotatable bonds is 5. The molecule has 0 radical (unpaired) electrons. The third-order valence-electron chi connectivity index (χ3n) is 4.90. The molecule has 0 amide bonds. The number of benzene rings is 2. The van der Waals surface area contributed by atoms with Gasteiger partial charge in [-0.3, -0.25) is 4.90 Å². The second-order valence-electron chi connectivity index (χ2n) is 7.02. The van der Waals surface area contributed by atoms with Crippen LogP contribution in [0.5, 0.6) is 5.75 Å². The molecule has 0 aliphatic carbocycles. The number of nitrogens with one attached hydrogen (secondary N) is 1. The summed E-state index contributed by atoms with van der Waals surface area (Å²) in [6, 6.07) is 15.4. The van der Waals surface area contributed by atoms with Crippen molar-refractivity contribution < 1.29 is 5.11 Å². The van der Waals surface area contributed by atoms with Crippen LogP contribution in [0.3, 0.4) is 0 Å². The van der Waals surface area contributed by atoms with Gasteiger partial charge >= 0.3 is 0 Å². The fraction of sp³-hybridized carbons (Fsp3) is 0.429. The molecule has 1 aliphatic rings. The van der Waals surface area contributed by atoms with E-state index in [9.17, 15) is 5.11 Å². The molecule has 2 N–H and O–H groups in total. The monoisotopic (exact) mass is 324 g/mol. The number of hydrogen-bond donors (Lipinski definition) is 2. The highest BCUT2D eigenvalue weighted by molar-refractivity contribution is 5.42. The Bertz CT molecular complexity index is 646. The van der Waals surface area contributed by atoms with Gasteiger partial charge in [-0.2, -0.15) is 0 Å². The Balaban J connectivity index is 1.54. The lowest BCUT2D eigenvalue weighted by Gasteiger charge is -2.33. The van der Waals surface area contributed by atoms with E-state index >= 15 is 0 Å². The van der Waals surface area contributed by atoms with Gasteiger partial charge in [-0.25, -0.2) is 0 Å². The first-order valence-electron chi connectivity index (χ1n) is 8.90. The number of piperidine rings is 1. The Labute approximate surface area is 145 Å². The van der Waals surface area contributed by atoms with Gasteiger partial charge in [-0.05, 0) is 55.5 Å². The molecular formula is C21H28N2O. The summed E-state index contributed by atoms with van der Waals surface area (Å²) in [7, 11) is 0. The molecule has 2 aromatic rings. The zero-order valence-electron chi connectivity index (χ0n) is 14.8. The minimum atomic E-state index is 0.422. The molecule has 1 fully saturated rings. The maximum atomic E-state index is 9.90. The Morgan fingerprint density at radius 2 is 1.79 bits per heavy atom. The maximum Gasteiger partial charge on any atom is 0.121 e. The van der Waals surface area contributed by atoms with Crippen LogP contribution in [-0.4, -0.2) is 29.1 Å². The molecule has 0 bridgehead atoms. The summed E-state index contributed by atoms with van der Waals surface area (Å²) >= 11 is 0. The zero-order valence-corrected chi connectivity index (χ0v) is 14.8. The summed E-state index contributed by atoms with van der Waals surface area (Å²) < 4.78 is 0. The van der Waals surface area contributed by atoms with Crippen LogP contribution in [0, 0.1) is 13.8 Å². The van der Waals surface area contributed by atoms with Gasteiger partial charge in [0.05, 0.1) is 0 Å². The van der Waals surface area contributed by atoms with Crippen LogP contribution in [0.1, 0.15) is 35.1 Å². The molecule has 2 aromatic carbocycles. The van der Waals surface area contributed by atoms with Crippen molar-refractivity contribution >= 4 is 0 Å². The number of phenolic OH excluding ortho intramolecular Hbond substituents is 1. The van der Waals surface area contributed by atoms with Crippen molar-refractivity contribution in [3.63, 3.8) is 0 Å². The van der Waals surface area contributed by atoms with E-state index in [2.05, 4.69) is 52.7 Å². The van der Waals surface area contributed by atoms with Crippen LogP contribution < -0.4 is 5.32 Å². The number of aromatic hydroxyl groups is 1. The second-order valence-corrected chi connectivity index (χ2v) is 7.02. The normalized spacial score (nSPS) is 18.7. The van der Waals surface area contributed by atoms with Crippen molar-refractivity contribution in [3.8, 4) is 5.75 Å². The van der Waals surface area contributed by atoms with Crippen molar-refractivity contribution in [3.05, 3.63) is 64.7 Å². The van der Waals surface area contributed by atoms with E-state index in [1.165, 1.54) is 30.5 Å². The van der Waals surface area contributed by atoms with Gasteiger partial charge in [-0.15, -0.1) is 0 Å². The van der Waals surface area contributed by atoms with Gasteiger partial charge in [0.25, 0.3) is 0 Å². The third kappa shape index (κ3) is 4.37. The lowest BCUT2D eigenvalue weighted by atomic mass is 10.0. The molecule has 1 unspecified atom stereocenters. The van der Waals surface area contributed by atoms with Crippen LogP contribution in [0.4, 0.5) is 0 Å². The average molecular weight is 324 g/mol. The average Bonchev–Trinajstić information content (AvgIpc) is 2.59. The van der Waals surface area contributed by atoms with Gasteiger partial charge in [0.15, 0.2) is 0 Å². The van der Waals surface area contributed by atoms with Crippen molar-refractivity contribution in [1.29, 1.82) is 0 Å². The lowest BCUT2D eigenvalue weighted by molar-refractivity contribution is 0.182. The minimum Gasteiger partial charge on any atom is -0.507 e. The van der Waals surface area contributed by atoms with E-state index in [1.807, 2.05) is 13.8 Å². The van der Waals surface area contributed by atoms with Gasteiger partial charge in [-0.1, -0.05) is 42.5 Å². The molecule has 0 spiro atoms. The molecule has 3 heteroatoms. The fourth-order valence-electron chi connectivity index (χ4n) is 3.62. The van der Waals surface area contributed by atoms with Crippen molar-refractivity contribution in [2.75, 3.05) is 13.1 Å². The summed E-state index contributed by atoms with van der Waals surface area (Å²) in [5.41, 5.74) is 4.56. The molecule has 3 rings (SSSR count). The summed E-state index contributed by atoms with van der Waals surface area (Å²) in [4.78, 5) is 2.55. The van der Waals surface area contributed by atoms with Crippen LogP contribution in [-0.2, 0) is 13.1 Å². The number of nitrogens with zero attached hydrogens (tertiary/aromatic N) is 1. The van der Waals surface area contributed by atoms with Gasteiger partial charge < -0.3 is 10.4 Å². The lowest BCUT2D eigenvalue weighted by Crippen LogP contribution is -2.45. The van der Waals surface area contributed by atoms with E-state index in [0.717, 1.165) is 30.8 Å². The van der Waals surface area contributed by atoms with Crippen LogP contribution in [0.25, 0.3) is 0 Å². The first-order valence-corrected chi connectivity index (χ1v) is 8.90. The maximum absolute atomic E-state index is 9.90. The van der Waals surface area contributed by atoms with Crippen molar-refractivity contribution in [2.24, 2.45) is 0 Å². The first-order chi connectivity index (χ1) is 11.6. The molecule has 1 saturated heterocycles. The fourth-order valence-corrected chi connectivity index (χ4v) is 3.62. The third-order valence-corrected chi connectivity index (χ3v) is 4.90. The number of phenols is 1. The standard InChI is InChI=1S/C21H28N2O/c1-16-11-19(12-17(2)21(16)24)13-22-20-9-6-10-23(15-20)14-18-7-4-3-5-8-18/h3-5,7-8,11-12,20,22,24H,6,9-10,13-15H2,1-2H3. The predicted octanol–water partition coefficient (Wildman–Crippen LogP) is 3.76. The molecule has 0 saturated carbocycles. The minimum absolute atomic E-state index is 0.422. The van der Waals surface area contributed by atoms with Gasteiger partial charge in [0, 0.05) is 25.7 Å². The van der Waals surface area contributed by atoms with Crippen LogP contribution in [0.15, 0.2) is 42.5 Å². The van der Waals surface area contributed by atoms with Gasteiger partial charge in [0.2, 0.25) is 0 Å². The van der Waals surface area contributed by atoms with E-state index in [1.54, 1.807) is 0 Å². The predicted molar refractivity (Wildman–Crippen MR) is 99.2 cm³/mol. The quantitative estimate of drug-likeness (QED) is 0.879. The van der Waals surface area contributed by atoms with Crippen LogP contribution >= 0.6 is 0 Å². The highest BCUT2D eigenvalue weighted by Crippen LogP contribution is 2.23. The van der Waals surface area contributed by atoms with E-state index in [-0.39, 0.29) is 0 Å². The zero-order chi connectivity index (χ0) is 16.9. The largest absolute Gasteiger partial charge is 0.507 e. The van der Waals surface area contributed by atoms with Crippen molar-refractivity contribution in [1.82, 2.24) is 10.2 Å². The Kier molecular flexibility index (Phi) is 5.54. The molecule has 24 heavy (non-hydrogen) atoms. The summed E-state index contributed by atoms with van der Waals surface area (Å²) in [6.45, 7) is 8.12. The molecule has 1 aliphatic heterocycles. The first kappa shape index (κ1) is 17.0. The van der Waals surface area contributed by atoms with Crippen LogP contribution in [0.2, 0.25) is 0 Å². The molecule has 3 nitrogen and oxygen atoms in total. The van der Waals surface area contributed by atoms with Crippen molar-refractivity contribution in [2.45, 2.75) is 45.8 Å². The second kappa shape index (κ2) is 7.82. The van der Waals surface area contributed by atoms with E-state index in [0.29, 0.717) is 11.8 Å². The Hall–Kier alpha value is -1.84.